The number of aliphatic hydroxyl groups is 1. The largest absolute Gasteiger partial charge is 0.463 e. The lowest BCUT2D eigenvalue weighted by Crippen LogP contribution is -2.67. The summed E-state index contributed by atoms with van der Waals surface area (Å²) >= 11 is 0. The molecule has 2 aliphatic heterocycles. The predicted octanol–water partition coefficient (Wildman–Crippen LogP) is -1.40. The molecule has 0 saturated carbocycles. The number of hydrogen-bond acceptors (Lipinski definition) is 18. The third-order valence-corrected chi connectivity index (χ3v) is 5.90. The van der Waals surface area contributed by atoms with Crippen LogP contribution in [0.3, 0.4) is 0 Å². The van der Waals surface area contributed by atoms with Gasteiger partial charge in [0, 0.05) is 48.5 Å². The van der Waals surface area contributed by atoms with Crippen molar-refractivity contribution in [1.82, 2.24) is 0 Å². The number of carbonyl (C=O) groups excluding carboxylic acids is 7. The minimum absolute atomic E-state index is 0.560. The Morgan fingerprint density at radius 3 is 1.27 bits per heavy atom. The van der Waals surface area contributed by atoms with E-state index in [-0.39, 0.29) is 0 Å². The topological polar surface area (TPSA) is 232 Å². The molecule has 0 aromatic rings. The Kier molecular flexibility index (Phi) is 13.4. The van der Waals surface area contributed by atoms with Gasteiger partial charge in [-0.25, -0.2) is 0 Å². The van der Waals surface area contributed by atoms with Crippen molar-refractivity contribution in [3.05, 3.63) is 0 Å². The van der Waals surface area contributed by atoms with E-state index in [2.05, 4.69) is 0 Å². The van der Waals surface area contributed by atoms with Crippen LogP contribution in [0.2, 0.25) is 0 Å². The minimum atomic E-state index is -1.94. The van der Waals surface area contributed by atoms with E-state index in [1.165, 1.54) is 0 Å². The molecule has 0 amide bonds. The van der Waals surface area contributed by atoms with E-state index in [9.17, 15) is 38.7 Å². The van der Waals surface area contributed by atoms with Crippen molar-refractivity contribution in [1.29, 1.82) is 0 Å². The fraction of sp³-hybridized carbons (Fsp3) is 0.731. The maximum absolute atomic E-state index is 12.2. The summed E-state index contributed by atoms with van der Waals surface area (Å²) in [7, 11) is 0. The Morgan fingerprint density at radius 1 is 0.477 bits per heavy atom. The van der Waals surface area contributed by atoms with Gasteiger partial charge in [-0.05, 0) is 0 Å². The van der Waals surface area contributed by atoms with E-state index in [4.69, 9.17) is 47.4 Å². The number of aliphatic hydroxyl groups excluding tert-OH is 1. The summed E-state index contributed by atoms with van der Waals surface area (Å²) in [6.07, 6.45) is -16.4. The zero-order valence-electron chi connectivity index (χ0n) is 25.1. The highest BCUT2D eigenvalue weighted by molar-refractivity contribution is 5.69. The van der Waals surface area contributed by atoms with Gasteiger partial charge in [-0.3, -0.25) is 33.6 Å². The minimum Gasteiger partial charge on any atom is -0.463 e. The van der Waals surface area contributed by atoms with Crippen LogP contribution in [-0.2, 0) is 80.9 Å². The maximum atomic E-state index is 12.2. The molecular weight excluding hydrogens is 600 g/mol. The van der Waals surface area contributed by atoms with Crippen LogP contribution in [0.4, 0.5) is 0 Å². The Balaban J connectivity index is 2.66. The molecule has 2 saturated heterocycles. The highest BCUT2D eigenvalue weighted by atomic mass is 16.8. The molecule has 1 N–H and O–H groups in total. The van der Waals surface area contributed by atoms with E-state index in [0.717, 1.165) is 48.5 Å². The fourth-order valence-corrected chi connectivity index (χ4v) is 4.49. The van der Waals surface area contributed by atoms with Gasteiger partial charge in [0.1, 0.15) is 31.5 Å². The number of ether oxygens (including phenoxy) is 10. The molecule has 2 rings (SSSR count). The standard InChI is InChI=1S/C26H36O18/c1-10(27)35-8-17-19(37-12(3)29)21(23(25(34)42-17)40-15(6)32)44-26-24(41-16(7)33)22(39-14(5)31)20(38-13(4)30)18(43-26)9-36-11(2)28/h17-26,34H,8-9H2,1-7H3/t17-,18+,19-,20+,21+,22-,23-,24+,25-,26-/m0/s1. The first-order chi connectivity index (χ1) is 20.5. The summed E-state index contributed by atoms with van der Waals surface area (Å²) in [5, 5.41) is 10.8. The van der Waals surface area contributed by atoms with Crippen molar-refractivity contribution in [3.8, 4) is 0 Å². The Labute approximate surface area is 251 Å². The number of carbonyl (C=O) groups is 7. The van der Waals surface area contributed by atoms with Gasteiger partial charge >= 0.3 is 41.8 Å². The zero-order valence-corrected chi connectivity index (χ0v) is 25.1. The van der Waals surface area contributed by atoms with Gasteiger partial charge in [0.25, 0.3) is 0 Å². The third kappa shape index (κ3) is 10.7. The quantitative estimate of drug-likeness (QED) is 0.203. The van der Waals surface area contributed by atoms with Crippen LogP contribution in [0.5, 0.6) is 0 Å². The van der Waals surface area contributed by atoms with Crippen LogP contribution in [0.25, 0.3) is 0 Å². The lowest BCUT2D eigenvalue weighted by Gasteiger charge is -2.48. The SMILES string of the molecule is CC(=O)OC[C@@H]1O[C@H](O)[C@@H](OC(C)=O)[C@H](O[C@@H]2O[C@H](COC(C)=O)[C@@H](OC(C)=O)[C@H](OC(C)=O)[C@H]2OC(C)=O)[C@H]1OC(C)=O. The van der Waals surface area contributed by atoms with Gasteiger partial charge in [-0.1, -0.05) is 0 Å². The normalized spacial score (nSPS) is 31.5. The number of hydrogen-bond donors (Lipinski definition) is 1. The van der Waals surface area contributed by atoms with Crippen molar-refractivity contribution < 1.29 is 86.0 Å². The molecule has 0 bridgehead atoms. The lowest BCUT2D eigenvalue weighted by atomic mass is 9.96. The van der Waals surface area contributed by atoms with Crippen LogP contribution in [-0.4, -0.2) is 122 Å². The van der Waals surface area contributed by atoms with Gasteiger partial charge in [0.05, 0.1) is 0 Å². The molecule has 2 fully saturated rings. The fourth-order valence-electron chi connectivity index (χ4n) is 4.49. The van der Waals surface area contributed by atoms with Crippen molar-refractivity contribution in [3.63, 3.8) is 0 Å². The third-order valence-electron chi connectivity index (χ3n) is 5.90. The van der Waals surface area contributed by atoms with Crippen molar-refractivity contribution in [2.24, 2.45) is 0 Å². The second-order valence-corrected chi connectivity index (χ2v) is 9.68. The number of esters is 7. The van der Waals surface area contributed by atoms with E-state index in [0.29, 0.717) is 0 Å². The molecule has 0 radical (unpaired) electrons. The summed E-state index contributed by atoms with van der Waals surface area (Å²) in [4.78, 5) is 83.5. The van der Waals surface area contributed by atoms with Crippen LogP contribution < -0.4 is 0 Å². The molecule has 0 aromatic heterocycles. The summed E-state index contributed by atoms with van der Waals surface area (Å²) in [6, 6.07) is 0. The first kappa shape index (κ1) is 36.3. The van der Waals surface area contributed by atoms with Gasteiger partial charge in [-0.2, -0.15) is 0 Å². The highest BCUT2D eigenvalue weighted by Gasteiger charge is 2.57. The van der Waals surface area contributed by atoms with E-state index in [1.54, 1.807) is 0 Å². The second kappa shape index (κ2) is 16.3. The molecule has 0 unspecified atom stereocenters. The van der Waals surface area contributed by atoms with Crippen LogP contribution >= 0.6 is 0 Å². The highest BCUT2D eigenvalue weighted by Crippen LogP contribution is 2.35. The van der Waals surface area contributed by atoms with Crippen molar-refractivity contribution in [2.75, 3.05) is 13.2 Å². The molecule has 18 heteroatoms. The Morgan fingerprint density at radius 2 is 0.841 bits per heavy atom. The zero-order chi connectivity index (χ0) is 33.3. The smallest absolute Gasteiger partial charge is 0.303 e. The average molecular weight is 637 g/mol. The molecule has 2 heterocycles. The first-order valence-corrected chi connectivity index (χ1v) is 13.3. The van der Waals surface area contributed by atoms with Gasteiger partial charge in [-0.15, -0.1) is 0 Å². The monoisotopic (exact) mass is 636 g/mol. The average Bonchev–Trinajstić information content (AvgIpc) is 2.87. The molecule has 10 atom stereocenters. The molecule has 0 spiro atoms. The molecule has 248 valence electrons. The Bertz CT molecular complexity index is 1090. The van der Waals surface area contributed by atoms with E-state index >= 15 is 0 Å². The van der Waals surface area contributed by atoms with Crippen LogP contribution in [0.15, 0.2) is 0 Å². The predicted molar refractivity (Wildman–Crippen MR) is 135 cm³/mol. The molecule has 0 aliphatic carbocycles. The molecule has 18 nitrogen and oxygen atoms in total. The van der Waals surface area contributed by atoms with Crippen molar-refractivity contribution in [2.45, 2.75) is 110 Å². The maximum Gasteiger partial charge on any atom is 0.303 e. The lowest BCUT2D eigenvalue weighted by molar-refractivity contribution is -0.357. The van der Waals surface area contributed by atoms with E-state index < -0.39 is 116 Å². The molecule has 2 aliphatic rings. The summed E-state index contributed by atoms with van der Waals surface area (Å²) in [5.41, 5.74) is 0. The molecule has 44 heavy (non-hydrogen) atoms. The van der Waals surface area contributed by atoms with E-state index in [1.807, 2.05) is 0 Å². The summed E-state index contributed by atoms with van der Waals surface area (Å²) in [5.74, 6) is -6.03. The first-order valence-electron chi connectivity index (χ1n) is 13.3. The van der Waals surface area contributed by atoms with Gasteiger partial charge < -0.3 is 52.5 Å². The summed E-state index contributed by atoms with van der Waals surface area (Å²) in [6.45, 7) is 6.13. The number of rotatable bonds is 11. The second-order valence-electron chi connectivity index (χ2n) is 9.68. The Hall–Kier alpha value is -3.87. The van der Waals surface area contributed by atoms with Crippen LogP contribution in [0, 0.1) is 0 Å². The van der Waals surface area contributed by atoms with Crippen molar-refractivity contribution >= 4 is 41.8 Å². The van der Waals surface area contributed by atoms with Gasteiger partial charge in [0.15, 0.2) is 43.1 Å². The molecular formula is C26H36O18. The van der Waals surface area contributed by atoms with Crippen LogP contribution in [0.1, 0.15) is 48.5 Å². The molecule has 0 aromatic carbocycles. The summed E-state index contributed by atoms with van der Waals surface area (Å²) < 4.78 is 54.0. The van der Waals surface area contributed by atoms with Gasteiger partial charge in [0.2, 0.25) is 0 Å².